The topological polar surface area (TPSA) is 37.3 Å². The lowest BCUT2D eigenvalue weighted by Gasteiger charge is -2.47. The molecule has 2 nitrogen and oxygen atoms in total. The number of aliphatic hydroxyl groups is 1. The second-order valence-electron chi connectivity index (χ2n) is 6.68. The minimum Gasteiger partial charge on any atom is -0.393 e. The molecule has 0 aromatic heterocycles. The van der Waals surface area contributed by atoms with Crippen LogP contribution in [-0.2, 0) is 4.79 Å². The number of carbonyl (C=O) groups is 1. The third-order valence-corrected chi connectivity index (χ3v) is 5.92. The quantitative estimate of drug-likeness (QED) is 0.767. The van der Waals surface area contributed by atoms with Gasteiger partial charge < -0.3 is 9.90 Å². The molecule has 0 amide bonds. The molecule has 0 spiro atoms. The molecule has 2 saturated carbocycles. The Morgan fingerprint density at radius 3 is 2.71 bits per heavy atom. The van der Waals surface area contributed by atoms with E-state index in [1.54, 1.807) is 0 Å². The van der Waals surface area contributed by atoms with E-state index in [4.69, 9.17) is 0 Å². The first-order chi connectivity index (χ1) is 7.98. The van der Waals surface area contributed by atoms with Gasteiger partial charge in [0.25, 0.3) is 0 Å². The first kappa shape index (κ1) is 13.1. The summed E-state index contributed by atoms with van der Waals surface area (Å²) in [5.74, 6) is 0.879. The van der Waals surface area contributed by atoms with Crippen LogP contribution in [0.5, 0.6) is 0 Å². The van der Waals surface area contributed by atoms with Gasteiger partial charge in [-0.3, -0.25) is 0 Å². The number of hydrogen-bond donors (Lipinski definition) is 1. The molecule has 0 heterocycles. The maximum atomic E-state index is 11.5. The van der Waals surface area contributed by atoms with Crippen LogP contribution in [0.3, 0.4) is 0 Å². The van der Waals surface area contributed by atoms with Crippen molar-refractivity contribution in [2.75, 3.05) is 0 Å². The highest BCUT2D eigenvalue weighted by atomic mass is 16.3. The molecule has 2 aliphatic carbocycles. The van der Waals surface area contributed by atoms with Crippen molar-refractivity contribution in [3.63, 3.8) is 0 Å². The van der Waals surface area contributed by atoms with Crippen LogP contribution in [0.4, 0.5) is 0 Å². The summed E-state index contributed by atoms with van der Waals surface area (Å²) in [6.45, 7) is 6.54. The third kappa shape index (κ3) is 1.85. The second-order valence-corrected chi connectivity index (χ2v) is 6.68. The Hall–Kier alpha value is -0.370. The van der Waals surface area contributed by atoms with Crippen molar-refractivity contribution in [2.24, 2.45) is 22.7 Å². The number of fused-ring (bicyclic) bond motifs is 1. The van der Waals surface area contributed by atoms with E-state index in [9.17, 15) is 9.90 Å². The highest BCUT2D eigenvalue weighted by Crippen LogP contribution is 2.60. The summed E-state index contributed by atoms with van der Waals surface area (Å²) in [6, 6.07) is 0. The van der Waals surface area contributed by atoms with Gasteiger partial charge in [-0.15, -0.1) is 0 Å². The summed E-state index contributed by atoms with van der Waals surface area (Å²) in [4.78, 5) is 11.5. The van der Waals surface area contributed by atoms with Crippen molar-refractivity contribution >= 4 is 6.29 Å². The van der Waals surface area contributed by atoms with Gasteiger partial charge in [0.1, 0.15) is 6.29 Å². The SMILES string of the molecule is CC[C@](C)(C=O)C1CCC2[C@@H](O)CCC[C@@]21C. The molecule has 0 bridgehead atoms. The second kappa shape index (κ2) is 4.38. The molecule has 17 heavy (non-hydrogen) atoms. The number of carbonyl (C=O) groups excluding carboxylic acids is 1. The van der Waals surface area contributed by atoms with Gasteiger partial charge in [-0.25, -0.2) is 0 Å². The van der Waals surface area contributed by atoms with Crippen molar-refractivity contribution in [2.45, 2.75) is 65.4 Å². The Kier molecular flexibility index (Phi) is 3.37. The van der Waals surface area contributed by atoms with Crippen LogP contribution >= 0.6 is 0 Å². The summed E-state index contributed by atoms with van der Waals surface area (Å²) in [5, 5.41) is 10.2. The molecule has 0 aromatic carbocycles. The van der Waals surface area contributed by atoms with Crippen molar-refractivity contribution in [1.82, 2.24) is 0 Å². The lowest BCUT2D eigenvalue weighted by molar-refractivity contribution is -0.123. The van der Waals surface area contributed by atoms with E-state index in [0.717, 1.165) is 32.1 Å². The molecule has 2 unspecified atom stereocenters. The smallest absolute Gasteiger partial charge is 0.126 e. The fourth-order valence-corrected chi connectivity index (χ4v) is 4.64. The summed E-state index contributed by atoms with van der Waals surface area (Å²) < 4.78 is 0. The Balaban J connectivity index is 2.29. The lowest BCUT2D eigenvalue weighted by atomic mass is 9.57. The van der Waals surface area contributed by atoms with Gasteiger partial charge in [-0.05, 0) is 49.4 Å². The maximum absolute atomic E-state index is 11.5. The van der Waals surface area contributed by atoms with E-state index in [2.05, 4.69) is 20.8 Å². The van der Waals surface area contributed by atoms with Gasteiger partial charge in [0.15, 0.2) is 0 Å². The third-order valence-electron chi connectivity index (χ3n) is 5.92. The Bertz CT molecular complexity index is 301. The Morgan fingerprint density at radius 1 is 1.41 bits per heavy atom. The summed E-state index contributed by atoms with van der Waals surface area (Å²) >= 11 is 0. The van der Waals surface area contributed by atoms with E-state index in [-0.39, 0.29) is 16.9 Å². The van der Waals surface area contributed by atoms with Crippen LogP contribution in [0.15, 0.2) is 0 Å². The lowest BCUT2D eigenvalue weighted by Crippen LogP contribution is -2.45. The summed E-state index contributed by atoms with van der Waals surface area (Å²) in [7, 11) is 0. The van der Waals surface area contributed by atoms with Crippen LogP contribution in [0.1, 0.15) is 59.3 Å². The van der Waals surface area contributed by atoms with Gasteiger partial charge >= 0.3 is 0 Å². The number of aliphatic hydroxyl groups excluding tert-OH is 1. The standard InChI is InChI=1S/C15H26O2/c1-4-14(2,10-16)13-8-7-11-12(17)6-5-9-15(11,13)3/h10-13,17H,4-9H2,1-3H3/t11?,12-,13?,14+,15-/m0/s1. The first-order valence-corrected chi connectivity index (χ1v) is 7.12. The fourth-order valence-electron chi connectivity index (χ4n) is 4.64. The Labute approximate surface area is 105 Å². The predicted octanol–water partition coefficient (Wildman–Crippen LogP) is 3.18. The van der Waals surface area contributed by atoms with E-state index >= 15 is 0 Å². The minimum atomic E-state index is -0.194. The zero-order valence-corrected chi connectivity index (χ0v) is 11.4. The monoisotopic (exact) mass is 238 g/mol. The largest absolute Gasteiger partial charge is 0.393 e. The van der Waals surface area contributed by atoms with Gasteiger partial charge in [0.2, 0.25) is 0 Å². The molecular weight excluding hydrogens is 212 g/mol. The number of rotatable bonds is 3. The highest BCUT2D eigenvalue weighted by Gasteiger charge is 2.55. The van der Waals surface area contributed by atoms with Crippen LogP contribution in [0, 0.1) is 22.7 Å². The normalized spacial score (nSPS) is 45.1. The van der Waals surface area contributed by atoms with Crippen LogP contribution in [-0.4, -0.2) is 17.5 Å². The van der Waals surface area contributed by atoms with Gasteiger partial charge in [0.05, 0.1) is 6.10 Å². The molecule has 2 heteroatoms. The first-order valence-electron chi connectivity index (χ1n) is 7.12. The van der Waals surface area contributed by atoms with Crippen LogP contribution < -0.4 is 0 Å². The summed E-state index contributed by atoms with van der Waals surface area (Å²) in [6.07, 6.45) is 7.42. The predicted molar refractivity (Wildman–Crippen MR) is 68.6 cm³/mol. The van der Waals surface area contributed by atoms with E-state index in [0.29, 0.717) is 11.8 Å². The minimum absolute atomic E-state index is 0.133. The Morgan fingerprint density at radius 2 is 2.12 bits per heavy atom. The molecule has 0 aromatic rings. The molecule has 2 aliphatic rings. The number of aldehydes is 1. The average molecular weight is 238 g/mol. The van der Waals surface area contributed by atoms with Crippen LogP contribution in [0.25, 0.3) is 0 Å². The molecule has 2 rings (SSSR count). The fraction of sp³-hybridized carbons (Fsp3) is 0.933. The zero-order valence-electron chi connectivity index (χ0n) is 11.4. The molecule has 2 fully saturated rings. The van der Waals surface area contributed by atoms with Crippen LogP contribution in [0.2, 0.25) is 0 Å². The van der Waals surface area contributed by atoms with Gasteiger partial charge in [-0.2, -0.15) is 0 Å². The van der Waals surface area contributed by atoms with Crippen molar-refractivity contribution < 1.29 is 9.90 Å². The molecule has 0 aliphatic heterocycles. The molecule has 0 radical (unpaired) electrons. The molecule has 0 saturated heterocycles. The summed E-state index contributed by atoms with van der Waals surface area (Å²) in [5.41, 5.74) is -0.0100. The zero-order chi connectivity index (χ0) is 12.7. The molecule has 1 N–H and O–H groups in total. The van der Waals surface area contributed by atoms with E-state index < -0.39 is 0 Å². The molecular formula is C15H26O2. The van der Waals surface area contributed by atoms with E-state index in [1.807, 2.05) is 0 Å². The van der Waals surface area contributed by atoms with E-state index in [1.165, 1.54) is 12.7 Å². The average Bonchev–Trinajstić information content (AvgIpc) is 2.67. The van der Waals surface area contributed by atoms with Gasteiger partial charge in [-0.1, -0.05) is 27.2 Å². The van der Waals surface area contributed by atoms with Gasteiger partial charge in [0, 0.05) is 5.41 Å². The number of hydrogen-bond acceptors (Lipinski definition) is 2. The molecule has 5 atom stereocenters. The highest BCUT2D eigenvalue weighted by molar-refractivity contribution is 5.59. The molecule has 98 valence electrons. The van der Waals surface area contributed by atoms with Crippen molar-refractivity contribution in [1.29, 1.82) is 0 Å². The maximum Gasteiger partial charge on any atom is 0.126 e. The van der Waals surface area contributed by atoms with Crippen molar-refractivity contribution in [3.05, 3.63) is 0 Å². The van der Waals surface area contributed by atoms with Crippen molar-refractivity contribution in [3.8, 4) is 0 Å².